The van der Waals surface area contributed by atoms with Crippen molar-refractivity contribution in [2.75, 3.05) is 19.0 Å². The van der Waals surface area contributed by atoms with Crippen molar-refractivity contribution in [1.29, 1.82) is 0 Å². The van der Waals surface area contributed by atoms with E-state index in [0.29, 0.717) is 58.2 Å². The molecule has 54 heavy (non-hydrogen) atoms. The molecule has 3 unspecified atom stereocenters. The number of aliphatic carboxylic acids is 1. The summed E-state index contributed by atoms with van der Waals surface area (Å²) in [6.45, 7) is 24.0. The number of imide groups is 1. The summed E-state index contributed by atoms with van der Waals surface area (Å²) in [5.41, 5.74) is -2.31. The standard InChI is InChI=1S/C39H68N4O9S2/c1-13-37(10,42-34(50)28(26-53-54-35(5,6)7)40-33(49)27(4)43-30(45)16-17-31(43)46)23-25-52-38(11,14-2)20-18-29(44)41-36(8,9)22-24-51-39(12,15-3)21-19-32(47)48/h16-17,27-28H,13-15,18-26H2,1-12H3,(H,40,49)(H,41,44)(H,42,50)(H,47,48)/t27-,28-,37?,38?,39?/m0/s1. The van der Waals surface area contributed by atoms with E-state index < -0.39 is 58.1 Å². The average molecular weight is 801 g/mol. The van der Waals surface area contributed by atoms with Crippen molar-refractivity contribution in [3.63, 3.8) is 0 Å². The number of carboxylic acids is 1. The normalized spacial score (nSPS) is 18.0. The molecule has 1 aliphatic heterocycles. The van der Waals surface area contributed by atoms with Gasteiger partial charge < -0.3 is 30.5 Å². The Labute approximate surface area is 331 Å². The van der Waals surface area contributed by atoms with Gasteiger partial charge in [-0.25, -0.2) is 0 Å². The molecule has 0 radical (unpaired) electrons. The average Bonchev–Trinajstić information content (AvgIpc) is 3.41. The van der Waals surface area contributed by atoms with Gasteiger partial charge in [0.05, 0.1) is 11.2 Å². The molecule has 0 saturated carbocycles. The number of hydrogen-bond donors (Lipinski definition) is 4. The van der Waals surface area contributed by atoms with Crippen molar-refractivity contribution in [2.24, 2.45) is 0 Å². The third-order valence-corrected chi connectivity index (χ3v) is 13.3. The maximum absolute atomic E-state index is 13.8. The molecule has 4 N–H and O–H groups in total. The zero-order valence-electron chi connectivity index (χ0n) is 34.8. The molecule has 310 valence electrons. The highest BCUT2D eigenvalue weighted by Gasteiger charge is 2.36. The fourth-order valence-corrected chi connectivity index (χ4v) is 7.87. The van der Waals surface area contributed by atoms with Gasteiger partial charge in [0.1, 0.15) is 12.1 Å². The van der Waals surface area contributed by atoms with Crippen LogP contribution >= 0.6 is 21.6 Å². The Morgan fingerprint density at radius 1 is 0.759 bits per heavy atom. The van der Waals surface area contributed by atoms with Crippen LogP contribution in [0, 0.1) is 0 Å². The third kappa shape index (κ3) is 17.9. The quantitative estimate of drug-likeness (QED) is 0.0601. The minimum atomic E-state index is -1.09. The van der Waals surface area contributed by atoms with Gasteiger partial charge >= 0.3 is 5.97 Å². The predicted octanol–water partition coefficient (Wildman–Crippen LogP) is 5.94. The summed E-state index contributed by atoms with van der Waals surface area (Å²) in [5, 5.41) is 18.1. The molecule has 1 heterocycles. The number of hydrogen-bond acceptors (Lipinski definition) is 10. The van der Waals surface area contributed by atoms with E-state index in [1.807, 2.05) is 55.4 Å². The zero-order valence-corrected chi connectivity index (χ0v) is 36.4. The highest BCUT2D eigenvalue weighted by molar-refractivity contribution is 8.77. The van der Waals surface area contributed by atoms with E-state index in [0.717, 1.165) is 17.1 Å². The summed E-state index contributed by atoms with van der Waals surface area (Å²) >= 11 is 0. The van der Waals surface area contributed by atoms with E-state index in [1.165, 1.54) is 17.7 Å². The Balaban J connectivity index is 2.80. The Bertz CT molecular complexity index is 1320. The fraction of sp³-hybridized carbons (Fsp3) is 0.795. The molecule has 0 aromatic heterocycles. The van der Waals surface area contributed by atoms with Crippen LogP contribution in [0.1, 0.15) is 141 Å². The van der Waals surface area contributed by atoms with Gasteiger partial charge in [-0.3, -0.25) is 33.7 Å². The van der Waals surface area contributed by atoms with E-state index in [4.69, 9.17) is 14.6 Å². The van der Waals surface area contributed by atoms with Gasteiger partial charge in [0.25, 0.3) is 11.8 Å². The maximum atomic E-state index is 13.8. The maximum Gasteiger partial charge on any atom is 0.303 e. The molecular formula is C39H68N4O9S2. The molecule has 0 aromatic carbocycles. The minimum absolute atomic E-state index is 0.0397. The van der Waals surface area contributed by atoms with Gasteiger partial charge in [-0.05, 0) is 86.5 Å². The van der Waals surface area contributed by atoms with Gasteiger partial charge in [0, 0.05) is 59.8 Å². The molecule has 0 spiro atoms. The van der Waals surface area contributed by atoms with Crippen molar-refractivity contribution in [3.8, 4) is 0 Å². The molecule has 0 aromatic rings. The molecule has 13 nitrogen and oxygen atoms in total. The number of amides is 5. The zero-order chi connectivity index (χ0) is 41.5. The predicted molar refractivity (Wildman–Crippen MR) is 216 cm³/mol. The van der Waals surface area contributed by atoms with Crippen LogP contribution in [0.25, 0.3) is 0 Å². The Kier molecular flexibility index (Phi) is 19.8. The van der Waals surface area contributed by atoms with E-state index in [1.54, 1.807) is 10.8 Å². The summed E-state index contributed by atoms with van der Waals surface area (Å²) in [4.78, 5) is 76.3. The van der Waals surface area contributed by atoms with Gasteiger partial charge in [-0.1, -0.05) is 63.1 Å². The number of carboxylic acid groups (broad SMARTS) is 1. The van der Waals surface area contributed by atoms with Crippen molar-refractivity contribution >= 4 is 57.1 Å². The molecule has 5 atom stereocenters. The van der Waals surface area contributed by atoms with Crippen molar-refractivity contribution in [2.45, 2.75) is 180 Å². The lowest BCUT2D eigenvalue weighted by Crippen LogP contribution is -2.58. The molecule has 1 rings (SSSR count). The summed E-state index contributed by atoms with van der Waals surface area (Å²) in [6.07, 6.45) is 6.45. The summed E-state index contributed by atoms with van der Waals surface area (Å²) in [7, 11) is 3.05. The second-order valence-electron chi connectivity index (χ2n) is 16.6. The number of rotatable bonds is 26. The number of nitrogens with zero attached hydrogens (tertiary/aromatic N) is 1. The monoisotopic (exact) mass is 800 g/mol. The Morgan fingerprint density at radius 3 is 1.76 bits per heavy atom. The first kappa shape index (κ1) is 49.4. The number of nitrogens with one attached hydrogen (secondary N) is 3. The molecule has 0 fully saturated rings. The lowest BCUT2D eigenvalue weighted by molar-refractivity contribution is -0.145. The second-order valence-corrected chi connectivity index (χ2v) is 19.8. The van der Waals surface area contributed by atoms with Gasteiger partial charge in [0.15, 0.2) is 0 Å². The van der Waals surface area contributed by atoms with Gasteiger partial charge in [-0.15, -0.1) is 0 Å². The number of ether oxygens (including phenoxy) is 2. The van der Waals surface area contributed by atoms with E-state index in [9.17, 15) is 28.8 Å². The van der Waals surface area contributed by atoms with Crippen LogP contribution in [0.15, 0.2) is 12.2 Å². The number of carbonyl (C=O) groups is 6. The number of carbonyl (C=O) groups excluding carboxylic acids is 5. The second kappa shape index (κ2) is 21.6. The van der Waals surface area contributed by atoms with E-state index in [-0.39, 0.29) is 35.2 Å². The first-order valence-corrected chi connectivity index (χ1v) is 21.4. The third-order valence-electron chi connectivity index (χ3n) is 10.00. The van der Waals surface area contributed by atoms with Gasteiger partial charge in [-0.2, -0.15) is 0 Å². The first-order valence-electron chi connectivity index (χ1n) is 19.1. The fourth-order valence-electron chi connectivity index (χ4n) is 5.41. The van der Waals surface area contributed by atoms with Gasteiger partial charge in [0.2, 0.25) is 17.7 Å². The molecule has 5 amide bonds. The highest BCUT2D eigenvalue weighted by Crippen LogP contribution is 2.35. The lowest BCUT2D eigenvalue weighted by Gasteiger charge is -2.35. The summed E-state index contributed by atoms with van der Waals surface area (Å²) in [5.74, 6) is -2.80. The van der Waals surface area contributed by atoms with Crippen LogP contribution in [0.4, 0.5) is 0 Å². The van der Waals surface area contributed by atoms with Crippen molar-refractivity contribution in [1.82, 2.24) is 20.9 Å². The largest absolute Gasteiger partial charge is 0.481 e. The van der Waals surface area contributed by atoms with Crippen LogP contribution in [-0.4, -0.2) is 104 Å². The summed E-state index contributed by atoms with van der Waals surface area (Å²) < 4.78 is 12.4. The SMILES string of the molecule is CCC(C)(CCOC(C)(CC)CCC(=O)NC(C)(C)CCOC(C)(CC)CCC(=O)O)NC(=O)[C@H](CSSC(C)(C)C)NC(=O)[C@H](C)N1C(=O)C=CC1=O. The smallest absolute Gasteiger partial charge is 0.303 e. The Hall–Kier alpha value is -2.62. The molecule has 1 aliphatic rings. The van der Waals surface area contributed by atoms with E-state index >= 15 is 0 Å². The first-order chi connectivity index (χ1) is 24.8. The lowest BCUT2D eigenvalue weighted by atomic mass is 9.93. The topological polar surface area (TPSA) is 180 Å². The van der Waals surface area contributed by atoms with Crippen LogP contribution in [0.3, 0.4) is 0 Å². The van der Waals surface area contributed by atoms with Crippen LogP contribution in [-0.2, 0) is 38.2 Å². The van der Waals surface area contributed by atoms with Crippen molar-refractivity contribution < 1.29 is 43.3 Å². The molecule has 0 bridgehead atoms. The van der Waals surface area contributed by atoms with E-state index in [2.05, 4.69) is 36.7 Å². The molecule has 0 saturated heterocycles. The molecular weight excluding hydrogens is 733 g/mol. The van der Waals surface area contributed by atoms with Crippen LogP contribution in [0.2, 0.25) is 0 Å². The Morgan fingerprint density at radius 2 is 1.28 bits per heavy atom. The minimum Gasteiger partial charge on any atom is -0.481 e. The highest BCUT2D eigenvalue weighted by atomic mass is 33.1. The summed E-state index contributed by atoms with van der Waals surface area (Å²) in [6, 6.07) is -2.01. The molecule has 0 aliphatic carbocycles. The molecule has 15 heteroatoms. The van der Waals surface area contributed by atoms with Crippen LogP contribution < -0.4 is 16.0 Å². The van der Waals surface area contributed by atoms with Crippen molar-refractivity contribution in [3.05, 3.63) is 12.2 Å². The van der Waals surface area contributed by atoms with Crippen LogP contribution in [0.5, 0.6) is 0 Å².